The minimum absolute atomic E-state index is 0.0395. The fourth-order valence-corrected chi connectivity index (χ4v) is 3.63. The highest BCUT2D eigenvalue weighted by molar-refractivity contribution is 14.1. The molecule has 0 N–H and O–H groups in total. The Morgan fingerprint density at radius 3 is 2.50 bits per heavy atom. The summed E-state index contributed by atoms with van der Waals surface area (Å²) in [4.78, 5) is 28.3. The van der Waals surface area contributed by atoms with Gasteiger partial charge in [-0.15, -0.1) is 0 Å². The predicted molar refractivity (Wildman–Crippen MR) is 94.5 cm³/mol. The van der Waals surface area contributed by atoms with Gasteiger partial charge in [0.15, 0.2) is 0 Å². The molecule has 0 aliphatic carbocycles. The predicted octanol–water partition coefficient (Wildman–Crippen LogP) is 3.35. The summed E-state index contributed by atoms with van der Waals surface area (Å²) in [6.07, 6.45) is 2.16. The lowest BCUT2D eigenvalue weighted by atomic mass is 10.00. The van der Waals surface area contributed by atoms with Gasteiger partial charge >= 0.3 is 0 Å². The molecular formula is C16H16ClIN2O2. The fraction of sp³-hybridized carbons (Fsp3) is 0.375. The van der Waals surface area contributed by atoms with Gasteiger partial charge in [-0.1, -0.05) is 18.5 Å². The van der Waals surface area contributed by atoms with Crippen molar-refractivity contribution in [2.24, 2.45) is 5.92 Å². The second kappa shape index (κ2) is 6.20. The maximum Gasteiger partial charge on any atom is 0.283 e. The SMILES string of the molecule is CC1CCCN(C2=C(Cl)C(=O)N(c3ccc(I)cc3)C2=O)C1. The number of hydrogen-bond acceptors (Lipinski definition) is 3. The van der Waals surface area contributed by atoms with E-state index < -0.39 is 5.91 Å². The molecular weight excluding hydrogens is 415 g/mol. The van der Waals surface area contributed by atoms with E-state index in [4.69, 9.17) is 11.6 Å². The molecule has 2 heterocycles. The number of likely N-dealkylation sites (tertiary alicyclic amines) is 1. The van der Waals surface area contributed by atoms with E-state index in [1.807, 2.05) is 17.0 Å². The van der Waals surface area contributed by atoms with Gasteiger partial charge in [-0.2, -0.15) is 0 Å². The van der Waals surface area contributed by atoms with Crippen LogP contribution in [0.3, 0.4) is 0 Å². The van der Waals surface area contributed by atoms with Gasteiger partial charge in [-0.05, 0) is 65.6 Å². The van der Waals surface area contributed by atoms with Gasteiger partial charge in [-0.3, -0.25) is 9.59 Å². The molecule has 22 heavy (non-hydrogen) atoms. The monoisotopic (exact) mass is 430 g/mol. The number of anilines is 1. The van der Waals surface area contributed by atoms with Crippen LogP contribution in [0.2, 0.25) is 0 Å². The molecule has 1 fully saturated rings. The number of nitrogens with zero attached hydrogens (tertiary/aromatic N) is 2. The third-order valence-corrected chi connectivity index (χ3v) is 5.12. The van der Waals surface area contributed by atoms with Gasteiger partial charge in [0.2, 0.25) is 0 Å². The Morgan fingerprint density at radius 2 is 1.86 bits per heavy atom. The van der Waals surface area contributed by atoms with Crippen LogP contribution in [0.4, 0.5) is 5.69 Å². The first-order valence-electron chi connectivity index (χ1n) is 7.28. The smallest absolute Gasteiger partial charge is 0.283 e. The van der Waals surface area contributed by atoms with Crippen LogP contribution < -0.4 is 4.90 Å². The molecule has 2 amide bonds. The first kappa shape index (κ1) is 15.8. The molecule has 0 bridgehead atoms. The summed E-state index contributed by atoms with van der Waals surface area (Å²) in [5.74, 6) is -0.243. The second-order valence-corrected chi connectivity index (χ2v) is 7.40. The zero-order valence-corrected chi connectivity index (χ0v) is 15.1. The van der Waals surface area contributed by atoms with E-state index in [0.29, 0.717) is 17.3 Å². The summed E-state index contributed by atoms with van der Waals surface area (Å²) < 4.78 is 1.05. The molecule has 1 saturated heterocycles. The van der Waals surface area contributed by atoms with Crippen LogP contribution in [0.15, 0.2) is 35.0 Å². The van der Waals surface area contributed by atoms with Gasteiger partial charge < -0.3 is 4.90 Å². The Balaban J connectivity index is 1.91. The number of imide groups is 1. The molecule has 0 aromatic heterocycles. The van der Waals surface area contributed by atoms with E-state index in [9.17, 15) is 9.59 Å². The van der Waals surface area contributed by atoms with Crippen molar-refractivity contribution < 1.29 is 9.59 Å². The lowest BCUT2D eigenvalue weighted by molar-refractivity contribution is -0.121. The van der Waals surface area contributed by atoms with E-state index in [1.165, 1.54) is 4.90 Å². The number of halogens is 2. The van der Waals surface area contributed by atoms with Crippen molar-refractivity contribution >= 4 is 51.7 Å². The van der Waals surface area contributed by atoms with Crippen LogP contribution in [-0.2, 0) is 9.59 Å². The molecule has 1 aromatic rings. The Bertz CT molecular complexity index is 657. The lowest BCUT2D eigenvalue weighted by Gasteiger charge is -2.33. The van der Waals surface area contributed by atoms with Crippen LogP contribution in [-0.4, -0.2) is 29.8 Å². The minimum atomic E-state index is -0.430. The Labute approximate surface area is 148 Å². The molecule has 6 heteroatoms. The van der Waals surface area contributed by atoms with Crippen LogP contribution in [0, 0.1) is 9.49 Å². The van der Waals surface area contributed by atoms with Crippen molar-refractivity contribution in [3.8, 4) is 0 Å². The van der Waals surface area contributed by atoms with Gasteiger partial charge in [0.05, 0.1) is 5.69 Å². The van der Waals surface area contributed by atoms with Crippen molar-refractivity contribution in [3.63, 3.8) is 0 Å². The topological polar surface area (TPSA) is 40.6 Å². The normalized spacial score (nSPS) is 22.8. The van der Waals surface area contributed by atoms with E-state index >= 15 is 0 Å². The maximum atomic E-state index is 12.7. The van der Waals surface area contributed by atoms with E-state index in [2.05, 4.69) is 29.5 Å². The fourth-order valence-electron chi connectivity index (χ4n) is 2.98. The highest BCUT2D eigenvalue weighted by atomic mass is 127. The molecule has 0 saturated carbocycles. The third kappa shape index (κ3) is 2.76. The van der Waals surface area contributed by atoms with Gasteiger partial charge in [-0.25, -0.2) is 4.90 Å². The number of carbonyl (C=O) groups is 2. The van der Waals surface area contributed by atoms with Gasteiger partial charge in [0.1, 0.15) is 10.7 Å². The minimum Gasteiger partial charge on any atom is -0.365 e. The summed E-state index contributed by atoms with van der Waals surface area (Å²) >= 11 is 8.39. The average Bonchev–Trinajstić information content (AvgIpc) is 2.71. The van der Waals surface area contributed by atoms with Gasteiger partial charge in [0.25, 0.3) is 11.8 Å². The first-order chi connectivity index (χ1) is 10.5. The zero-order chi connectivity index (χ0) is 15.9. The molecule has 116 valence electrons. The number of hydrogen-bond donors (Lipinski definition) is 0. The van der Waals surface area contributed by atoms with E-state index in [0.717, 1.165) is 29.5 Å². The molecule has 0 spiro atoms. The van der Waals surface area contributed by atoms with Crippen molar-refractivity contribution in [2.75, 3.05) is 18.0 Å². The highest BCUT2D eigenvalue weighted by Gasteiger charge is 2.41. The second-order valence-electron chi connectivity index (χ2n) is 5.78. The number of carbonyl (C=O) groups excluding carboxylic acids is 2. The zero-order valence-electron chi connectivity index (χ0n) is 12.2. The number of rotatable bonds is 2. The van der Waals surface area contributed by atoms with Crippen molar-refractivity contribution in [3.05, 3.63) is 38.6 Å². The van der Waals surface area contributed by atoms with Crippen LogP contribution in [0.25, 0.3) is 0 Å². The molecule has 1 atom stereocenters. The standard InChI is InChI=1S/C16H16ClIN2O2/c1-10-3-2-8-19(9-10)14-13(17)15(21)20(16(14)22)12-6-4-11(18)5-7-12/h4-7,10H,2-3,8-9H2,1H3. The van der Waals surface area contributed by atoms with E-state index in [1.54, 1.807) is 12.1 Å². The molecule has 2 aliphatic rings. The molecule has 3 rings (SSSR count). The summed E-state index contributed by atoms with van der Waals surface area (Å²) in [6.45, 7) is 3.69. The number of amides is 2. The van der Waals surface area contributed by atoms with E-state index in [-0.39, 0.29) is 10.9 Å². The van der Waals surface area contributed by atoms with Crippen LogP contribution >= 0.6 is 34.2 Å². The van der Waals surface area contributed by atoms with Crippen LogP contribution in [0.1, 0.15) is 19.8 Å². The largest absolute Gasteiger partial charge is 0.365 e. The summed E-state index contributed by atoms with van der Waals surface area (Å²) in [5, 5.41) is 0.0395. The highest BCUT2D eigenvalue weighted by Crippen LogP contribution is 2.33. The quantitative estimate of drug-likeness (QED) is 0.534. The Kier molecular flexibility index (Phi) is 4.45. The van der Waals surface area contributed by atoms with Gasteiger partial charge in [0, 0.05) is 16.7 Å². The average molecular weight is 431 g/mol. The summed E-state index contributed by atoms with van der Waals surface area (Å²) in [5.41, 5.74) is 0.922. The summed E-state index contributed by atoms with van der Waals surface area (Å²) in [7, 11) is 0. The number of benzene rings is 1. The lowest BCUT2D eigenvalue weighted by Crippen LogP contribution is -2.39. The van der Waals surface area contributed by atoms with Crippen molar-refractivity contribution in [1.82, 2.24) is 4.90 Å². The third-order valence-electron chi connectivity index (χ3n) is 4.06. The van der Waals surface area contributed by atoms with Crippen LogP contribution in [0.5, 0.6) is 0 Å². The molecule has 1 unspecified atom stereocenters. The Hall–Kier alpha value is -1.08. The van der Waals surface area contributed by atoms with Crippen molar-refractivity contribution in [1.29, 1.82) is 0 Å². The molecule has 1 aromatic carbocycles. The summed E-state index contributed by atoms with van der Waals surface area (Å²) in [6, 6.07) is 7.27. The molecule has 2 aliphatic heterocycles. The molecule has 4 nitrogen and oxygen atoms in total. The van der Waals surface area contributed by atoms with Crippen molar-refractivity contribution in [2.45, 2.75) is 19.8 Å². The maximum absolute atomic E-state index is 12.7. The Morgan fingerprint density at radius 1 is 1.18 bits per heavy atom. The first-order valence-corrected chi connectivity index (χ1v) is 8.74. The molecule has 0 radical (unpaired) electrons. The number of piperidine rings is 1.